The summed E-state index contributed by atoms with van der Waals surface area (Å²) in [5.74, 6) is 0.126. The number of aliphatic hydroxyl groups is 1. The van der Waals surface area contributed by atoms with Gasteiger partial charge in [0.2, 0.25) is 6.43 Å². The molecular formula is C8H13F2N3OS. The fourth-order valence-electron chi connectivity index (χ4n) is 1.13. The van der Waals surface area contributed by atoms with Gasteiger partial charge in [-0.2, -0.15) is 0 Å². The number of aliphatic hydroxyl groups excluding tert-OH is 1. The molecule has 4 nitrogen and oxygen atoms in total. The molecule has 1 aromatic heterocycles. The van der Waals surface area contributed by atoms with Gasteiger partial charge < -0.3 is 9.67 Å². The summed E-state index contributed by atoms with van der Waals surface area (Å²) in [4.78, 5) is 0. The Hall–Kier alpha value is -0.690. The van der Waals surface area contributed by atoms with Crippen molar-refractivity contribution in [2.75, 3.05) is 5.75 Å². The number of hydrogen-bond acceptors (Lipinski definition) is 4. The Morgan fingerprint density at radius 3 is 2.73 bits per heavy atom. The summed E-state index contributed by atoms with van der Waals surface area (Å²) in [5, 5.41) is 16.9. The average molecular weight is 237 g/mol. The van der Waals surface area contributed by atoms with Gasteiger partial charge in [0.25, 0.3) is 0 Å². The highest BCUT2D eigenvalue weighted by molar-refractivity contribution is 7.99. The van der Waals surface area contributed by atoms with Crippen LogP contribution < -0.4 is 0 Å². The number of rotatable bonds is 6. The molecule has 0 atom stereocenters. The molecule has 0 spiro atoms. The molecule has 1 N–H and O–H groups in total. The topological polar surface area (TPSA) is 50.9 Å². The quantitative estimate of drug-likeness (QED) is 0.762. The fraction of sp³-hybridized carbons (Fsp3) is 0.750. The van der Waals surface area contributed by atoms with E-state index < -0.39 is 6.43 Å². The minimum absolute atomic E-state index is 0.220. The van der Waals surface area contributed by atoms with Gasteiger partial charge in [-0.05, 0) is 6.42 Å². The van der Waals surface area contributed by atoms with E-state index in [0.717, 1.165) is 18.2 Å². The van der Waals surface area contributed by atoms with Gasteiger partial charge >= 0.3 is 0 Å². The summed E-state index contributed by atoms with van der Waals surface area (Å²) in [7, 11) is 0. The minimum atomic E-state index is -2.36. The van der Waals surface area contributed by atoms with Crippen LogP contribution in [0.25, 0.3) is 0 Å². The average Bonchev–Trinajstić information content (AvgIpc) is 2.58. The lowest BCUT2D eigenvalue weighted by Crippen LogP contribution is -2.05. The predicted molar refractivity (Wildman–Crippen MR) is 53.0 cm³/mol. The maximum atomic E-state index is 12.0. The van der Waals surface area contributed by atoms with Crippen molar-refractivity contribution < 1.29 is 13.9 Å². The Labute approximate surface area is 90.7 Å². The zero-order chi connectivity index (χ0) is 11.3. The zero-order valence-corrected chi connectivity index (χ0v) is 9.18. The summed E-state index contributed by atoms with van der Waals surface area (Å²) in [6, 6.07) is 0. The first-order valence-corrected chi connectivity index (χ1v) is 5.61. The normalized spacial score (nSPS) is 11.3. The van der Waals surface area contributed by atoms with Crippen LogP contribution in [0.5, 0.6) is 0 Å². The lowest BCUT2D eigenvalue weighted by molar-refractivity contribution is 0.176. The van der Waals surface area contributed by atoms with E-state index in [2.05, 4.69) is 10.2 Å². The monoisotopic (exact) mass is 237 g/mol. The fourth-order valence-corrected chi connectivity index (χ4v) is 1.85. The van der Waals surface area contributed by atoms with Crippen LogP contribution in [0, 0.1) is 0 Å². The second kappa shape index (κ2) is 6.02. The molecule has 0 saturated heterocycles. The molecular weight excluding hydrogens is 224 g/mol. The molecule has 0 aliphatic rings. The molecule has 0 radical (unpaired) electrons. The van der Waals surface area contributed by atoms with Crippen LogP contribution in [0.15, 0.2) is 5.16 Å². The molecule has 15 heavy (non-hydrogen) atoms. The van der Waals surface area contributed by atoms with E-state index in [-0.39, 0.29) is 12.4 Å². The molecule has 86 valence electrons. The Morgan fingerprint density at radius 2 is 2.20 bits per heavy atom. The predicted octanol–water partition coefficient (Wildman–Crippen LogP) is 1.54. The number of nitrogens with zero attached hydrogens (tertiary/aromatic N) is 3. The Morgan fingerprint density at radius 1 is 1.47 bits per heavy atom. The van der Waals surface area contributed by atoms with Crippen LogP contribution in [-0.4, -0.2) is 32.0 Å². The molecule has 0 aliphatic carbocycles. The second-order valence-corrected chi connectivity index (χ2v) is 3.90. The van der Waals surface area contributed by atoms with Crippen LogP contribution in [0.2, 0.25) is 0 Å². The third-order valence-corrected chi connectivity index (χ3v) is 2.70. The van der Waals surface area contributed by atoms with Crippen molar-refractivity contribution in [3.05, 3.63) is 5.82 Å². The van der Waals surface area contributed by atoms with Gasteiger partial charge in [0.1, 0.15) is 6.61 Å². The molecule has 0 aromatic carbocycles. The number of hydrogen-bond donors (Lipinski definition) is 1. The van der Waals surface area contributed by atoms with Gasteiger partial charge in [0.05, 0.1) is 5.75 Å². The molecule has 1 rings (SSSR count). The van der Waals surface area contributed by atoms with Gasteiger partial charge in [-0.3, -0.25) is 0 Å². The first kappa shape index (κ1) is 12.4. The van der Waals surface area contributed by atoms with E-state index in [4.69, 9.17) is 5.11 Å². The molecule has 7 heteroatoms. The van der Waals surface area contributed by atoms with Crippen molar-refractivity contribution in [3.8, 4) is 0 Å². The van der Waals surface area contributed by atoms with Crippen molar-refractivity contribution in [2.45, 2.75) is 38.1 Å². The van der Waals surface area contributed by atoms with Crippen LogP contribution in [0.1, 0.15) is 19.2 Å². The van der Waals surface area contributed by atoms with E-state index in [1.807, 2.05) is 6.92 Å². The van der Waals surface area contributed by atoms with Crippen LogP contribution in [0.3, 0.4) is 0 Å². The van der Waals surface area contributed by atoms with E-state index in [9.17, 15) is 8.78 Å². The van der Waals surface area contributed by atoms with Gasteiger partial charge in [-0.15, -0.1) is 10.2 Å². The first-order valence-electron chi connectivity index (χ1n) is 4.63. The smallest absolute Gasteiger partial charge is 0.248 e. The number of halogens is 2. The van der Waals surface area contributed by atoms with Crippen molar-refractivity contribution in [3.63, 3.8) is 0 Å². The maximum absolute atomic E-state index is 12.0. The molecule has 0 aliphatic heterocycles. The van der Waals surface area contributed by atoms with Gasteiger partial charge in [-0.1, -0.05) is 18.7 Å². The van der Waals surface area contributed by atoms with Gasteiger partial charge in [0.15, 0.2) is 11.0 Å². The molecule has 0 fully saturated rings. The molecule has 0 amide bonds. The Bertz CT molecular complexity index is 306. The van der Waals surface area contributed by atoms with Gasteiger partial charge in [-0.25, -0.2) is 8.78 Å². The van der Waals surface area contributed by atoms with Gasteiger partial charge in [0, 0.05) is 6.54 Å². The molecule has 0 saturated carbocycles. The van der Waals surface area contributed by atoms with E-state index in [0.29, 0.717) is 17.5 Å². The number of aromatic nitrogens is 3. The van der Waals surface area contributed by atoms with E-state index in [1.54, 1.807) is 4.57 Å². The van der Waals surface area contributed by atoms with E-state index in [1.165, 1.54) is 0 Å². The SMILES string of the molecule is CCCn1c(CO)nnc1SCC(F)F. The van der Waals surface area contributed by atoms with Crippen molar-refractivity contribution in [1.29, 1.82) is 0 Å². The van der Waals surface area contributed by atoms with Crippen LogP contribution >= 0.6 is 11.8 Å². The Kier molecular flexibility index (Phi) is 4.97. The molecule has 1 heterocycles. The molecule has 0 unspecified atom stereocenters. The van der Waals surface area contributed by atoms with E-state index >= 15 is 0 Å². The lowest BCUT2D eigenvalue weighted by atomic mass is 10.4. The Balaban J connectivity index is 2.72. The third-order valence-electron chi connectivity index (χ3n) is 1.72. The number of alkyl halides is 2. The summed E-state index contributed by atoms with van der Waals surface area (Å²) in [6.45, 7) is 2.37. The maximum Gasteiger partial charge on any atom is 0.248 e. The standard InChI is InChI=1S/C8H13F2N3OS/c1-2-3-13-7(4-14)11-12-8(13)15-5-6(9)10/h6,14H,2-5H2,1H3. The first-order chi connectivity index (χ1) is 7.19. The molecule has 1 aromatic rings. The van der Waals surface area contributed by atoms with Crippen molar-refractivity contribution >= 4 is 11.8 Å². The third kappa shape index (κ3) is 3.42. The summed E-state index contributed by atoms with van der Waals surface area (Å²) < 4.78 is 25.7. The lowest BCUT2D eigenvalue weighted by Gasteiger charge is -2.06. The summed E-state index contributed by atoms with van der Waals surface area (Å²) in [6.07, 6.45) is -1.52. The highest BCUT2D eigenvalue weighted by Crippen LogP contribution is 2.19. The minimum Gasteiger partial charge on any atom is -0.388 e. The largest absolute Gasteiger partial charge is 0.388 e. The van der Waals surface area contributed by atoms with Crippen LogP contribution in [-0.2, 0) is 13.2 Å². The van der Waals surface area contributed by atoms with Crippen molar-refractivity contribution in [1.82, 2.24) is 14.8 Å². The summed E-state index contributed by atoms with van der Waals surface area (Å²) in [5.41, 5.74) is 0. The summed E-state index contributed by atoms with van der Waals surface area (Å²) >= 11 is 0.960. The van der Waals surface area contributed by atoms with Crippen molar-refractivity contribution in [2.24, 2.45) is 0 Å². The molecule has 0 bridgehead atoms. The second-order valence-electron chi connectivity index (χ2n) is 2.91. The zero-order valence-electron chi connectivity index (χ0n) is 8.36. The highest BCUT2D eigenvalue weighted by atomic mass is 32.2. The number of thioether (sulfide) groups is 1. The highest BCUT2D eigenvalue weighted by Gasteiger charge is 2.13. The van der Waals surface area contributed by atoms with Crippen LogP contribution in [0.4, 0.5) is 8.78 Å².